The van der Waals surface area contributed by atoms with Gasteiger partial charge < -0.3 is 10.1 Å². The van der Waals surface area contributed by atoms with Crippen LogP contribution < -0.4 is 5.32 Å². The van der Waals surface area contributed by atoms with Crippen molar-refractivity contribution in [2.75, 3.05) is 19.0 Å². The second kappa shape index (κ2) is 6.43. The molecule has 0 aliphatic heterocycles. The summed E-state index contributed by atoms with van der Waals surface area (Å²) in [4.78, 5) is 9.00. The number of hydrogen-bond donors (Lipinski definition) is 1. The van der Waals surface area contributed by atoms with Crippen molar-refractivity contribution in [3.8, 4) is 0 Å². The molecule has 90 valence electrons. The Labute approximate surface area is 97.5 Å². The molecule has 4 heteroatoms. The lowest BCUT2D eigenvalue weighted by Gasteiger charge is -2.12. The van der Waals surface area contributed by atoms with E-state index in [2.05, 4.69) is 36.1 Å². The van der Waals surface area contributed by atoms with E-state index in [1.807, 2.05) is 6.07 Å². The Morgan fingerprint density at radius 1 is 1.38 bits per heavy atom. The van der Waals surface area contributed by atoms with Gasteiger partial charge in [0.2, 0.25) is 0 Å². The van der Waals surface area contributed by atoms with Crippen LogP contribution in [0, 0.1) is 0 Å². The SMILES string of the molecule is CCNc1cc(COC)nc(C(C)CC)n1. The minimum Gasteiger partial charge on any atom is -0.378 e. The molecule has 1 rings (SSSR count). The van der Waals surface area contributed by atoms with Gasteiger partial charge in [-0.15, -0.1) is 0 Å². The molecule has 0 saturated carbocycles. The van der Waals surface area contributed by atoms with Crippen LogP contribution in [-0.2, 0) is 11.3 Å². The van der Waals surface area contributed by atoms with Gasteiger partial charge in [0, 0.05) is 25.6 Å². The molecule has 1 aromatic heterocycles. The molecule has 1 aromatic rings. The number of rotatable bonds is 6. The summed E-state index contributed by atoms with van der Waals surface area (Å²) in [5.74, 6) is 2.17. The molecule has 0 saturated heterocycles. The fourth-order valence-electron chi connectivity index (χ4n) is 1.41. The van der Waals surface area contributed by atoms with E-state index >= 15 is 0 Å². The van der Waals surface area contributed by atoms with Gasteiger partial charge in [0.25, 0.3) is 0 Å². The van der Waals surface area contributed by atoms with Crippen LogP contribution in [0.5, 0.6) is 0 Å². The lowest BCUT2D eigenvalue weighted by molar-refractivity contribution is 0.181. The molecule has 0 aliphatic rings. The summed E-state index contributed by atoms with van der Waals surface area (Å²) < 4.78 is 5.11. The lowest BCUT2D eigenvalue weighted by atomic mass is 10.1. The van der Waals surface area contributed by atoms with E-state index in [-0.39, 0.29) is 0 Å². The van der Waals surface area contributed by atoms with Crippen LogP contribution in [-0.4, -0.2) is 23.6 Å². The quantitative estimate of drug-likeness (QED) is 0.805. The Bertz CT molecular complexity index is 304. The molecule has 0 spiro atoms. The highest BCUT2D eigenvalue weighted by molar-refractivity contribution is 5.36. The minimum absolute atomic E-state index is 0.384. The summed E-state index contributed by atoms with van der Waals surface area (Å²) in [7, 11) is 1.68. The Morgan fingerprint density at radius 2 is 2.12 bits per heavy atom. The number of methoxy groups -OCH3 is 1. The van der Waals surface area contributed by atoms with Gasteiger partial charge in [-0.25, -0.2) is 9.97 Å². The first kappa shape index (κ1) is 12.9. The Kier molecular flexibility index (Phi) is 5.19. The Morgan fingerprint density at radius 3 is 2.69 bits per heavy atom. The largest absolute Gasteiger partial charge is 0.378 e. The zero-order valence-corrected chi connectivity index (χ0v) is 10.6. The van der Waals surface area contributed by atoms with Gasteiger partial charge in [0.15, 0.2) is 0 Å². The number of anilines is 1. The Hall–Kier alpha value is -1.16. The van der Waals surface area contributed by atoms with Crippen molar-refractivity contribution < 1.29 is 4.74 Å². The molecular formula is C12H21N3O. The fraction of sp³-hybridized carbons (Fsp3) is 0.667. The van der Waals surface area contributed by atoms with E-state index in [0.717, 1.165) is 30.3 Å². The number of nitrogens with zero attached hydrogens (tertiary/aromatic N) is 2. The molecule has 0 amide bonds. The summed E-state index contributed by atoms with van der Waals surface area (Å²) in [6.07, 6.45) is 1.04. The van der Waals surface area contributed by atoms with E-state index < -0.39 is 0 Å². The van der Waals surface area contributed by atoms with Gasteiger partial charge in [-0.2, -0.15) is 0 Å². The minimum atomic E-state index is 0.384. The second-order valence-corrected chi connectivity index (χ2v) is 3.88. The Balaban J connectivity index is 2.97. The summed E-state index contributed by atoms with van der Waals surface area (Å²) in [6, 6.07) is 1.94. The van der Waals surface area contributed by atoms with Crippen molar-refractivity contribution >= 4 is 5.82 Å². The van der Waals surface area contributed by atoms with Crippen molar-refractivity contribution in [1.29, 1.82) is 0 Å². The average molecular weight is 223 g/mol. The first-order valence-electron chi connectivity index (χ1n) is 5.81. The summed E-state index contributed by atoms with van der Waals surface area (Å²) in [5.41, 5.74) is 0.934. The summed E-state index contributed by atoms with van der Waals surface area (Å²) in [5, 5.41) is 3.22. The van der Waals surface area contributed by atoms with Gasteiger partial charge in [-0.1, -0.05) is 13.8 Å². The van der Waals surface area contributed by atoms with Gasteiger partial charge in [0.1, 0.15) is 11.6 Å². The summed E-state index contributed by atoms with van der Waals surface area (Å²) in [6.45, 7) is 7.74. The first-order chi connectivity index (χ1) is 7.71. The molecule has 0 aromatic carbocycles. The highest BCUT2D eigenvalue weighted by atomic mass is 16.5. The highest BCUT2D eigenvalue weighted by Crippen LogP contribution is 2.17. The average Bonchev–Trinajstić information content (AvgIpc) is 2.28. The van der Waals surface area contributed by atoms with Crippen LogP contribution in [0.2, 0.25) is 0 Å². The number of hydrogen-bond acceptors (Lipinski definition) is 4. The van der Waals surface area contributed by atoms with E-state index in [4.69, 9.17) is 4.74 Å². The van der Waals surface area contributed by atoms with Crippen LogP contribution in [0.25, 0.3) is 0 Å². The van der Waals surface area contributed by atoms with Crippen molar-refractivity contribution in [3.05, 3.63) is 17.6 Å². The molecule has 16 heavy (non-hydrogen) atoms. The van der Waals surface area contributed by atoms with Crippen LogP contribution in [0.15, 0.2) is 6.07 Å². The zero-order chi connectivity index (χ0) is 12.0. The maximum Gasteiger partial charge on any atom is 0.133 e. The molecule has 0 fully saturated rings. The standard InChI is InChI=1S/C12H21N3O/c1-5-9(3)12-14-10(8-16-4)7-11(15-12)13-6-2/h7,9H,5-6,8H2,1-4H3,(H,13,14,15). The van der Waals surface area contributed by atoms with E-state index in [0.29, 0.717) is 12.5 Å². The predicted molar refractivity (Wildman–Crippen MR) is 65.6 cm³/mol. The van der Waals surface area contributed by atoms with Crippen LogP contribution in [0.3, 0.4) is 0 Å². The first-order valence-corrected chi connectivity index (χ1v) is 5.81. The van der Waals surface area contributed by atoms with E-state index in [1.165, 1.54) is 0 Å². The van der Waals surface area contributed by atoms with Crippen LogP contribution >= 0.6 is 0 Å². The molecule has 1 N–H and O–H groups in total. The molecule has 0 bridgehead atoms. The molecule has 4 nitrogen and oxygen atoms in total. The lowest BCUT2D eigenvalue weighted by Crippen LogP contribution is -2.08. The van der Waals surface area contributed by atoms with Gasteiger partial charge >= 0.3 is 0 Å². The number of aromatic nitrogens is 2. The molecule has 0 radical (unpaired) electrons. The molecule has 1 atom stereocenters. The van der Waals surface area contributed by atoms with Gasteiger partial charge in [0.05, 0.1) is 12.3 Å². The van der Waals surface area contributed by atoms with Gasteiger partial charge in [-0.05, 0) is 13.3 Å². The molecule has 1 unspecified atom stereocenters. The van der Waals surface area contributed by atoms with Crippen molar-refractivity contribution in [2.45, 2.75) is 39.7 Å². The smallest absolute Gasteiger partial charge is 0.133 e. The normalized spacial score (nSPS) is 12.5. The maximum atomic E-state index is 5.11. The van der Waals surface area contributed by atoms with E-state index in [9.17, 15) is 0 Å². The van der Waals surface area contributed by atoms with Crippen molar-refractivity contribution in [3.63, 3.8) is 0 Å². The van der Waals surface area contributed by atoms with E-state index in [1.54, 1.807) is 7.11 Å². The third-order valence-corrected chi connectivity index (χ3v) is 2.50. The monoisotopic (exact) mass is 223 g/mol. The van der Waals surface area contributed by atoms with Crippen molar-refractivity contribution in [1.82, 2.24) is 9.97 Å². The highest BCUT2D eigenvalue weighted by Gasteiger charge is 2.09. The second-order valence-electron chi connectivity index (χ2n) is 3.88. The predicted octanol–water partition coefficient (Wildman–Crippen LogP) is 2.57. The van der Waals surface area contributed by atoms with Crippen LogP contribution in [0.1, 0.15) is 44.6 Å². The molecule has 1 heterocycles. The summed E-state index contributed by atoms with van der Waals surface area (Å²) >= 11 is 0. The zero-order valence-electron chi connectivity index (χ0n) is 10.6. The molecular weight excluding hydrogens is 202 g/mol. The molecule has 0 aliphatic carbocycles. The topological polar surface area (TPSA) is 47.0 Å². The van der Waals surface area contributed by atoms with Crippen LogP contribution in [0.4, 0.5) is 5.82 Å². The maximum absolute atomic E-state index is 5.11. The number of ether oxygens (including phenoxy) is 1. The number of nitrogens with one attached hydrogen (secondary N) is 1. The fourth-order valence-corrected chi connectivity index (χ4v) is 1.41. The third-order valence-electron chi connectivity index (χ3n) is 2.50. The van der Waals surface area contributed by atoms with Gasteiger partial charge in [-0.3, -0.25) is 0 Å². The third kappa shape index (κ3) is 3.45. The van der Waals surface area contributed by atoms with Crippen molar-refractivity contribution in [2.24, 2.45) is 0 Å².